The number of fused-ring (bicyclic) bond motifs is 1. The molecule has 2 aromatic rings. The molecule has 0 bridgehead atoms. The van der Waals surface area contributed by atoms with Gasteiger partial charge in [-0.05, 0) is 62.8 Å². The smallest absolute Gasteiger partial charge is 0.355 e. The van der Waals surface area contributed by atoms with E-state index in [1.54, 1.807) is 19.9 Å². The highest BCUT2D eigenvalue weighted by molar-refractivity contribution is 6.02. The molecule has 1 N–H and O–H groups in total. The summed E-state index contributed by atoms with van der Waals surface area (Å²) in [4.78, 5) is 39.1. The van der Waals surface area contributed by atoms with Crippen LogP contribution in [0.2, 0.25) is 0 Å². The third-order valence-corrected chi connectivity index (χ3v) is 4.75. The van der Waals surface area contributed by atoms with Gasteiger partial charge in [-0.15, -0.1) is 0 Å². The molecule has 1 aromatic heterocycles. The number of carbonyl (C=O) groups excluding carboxylic acids is 3. The van der Waals surface area contributed by atoms with Crippen LogP contribution in [0.5, 0.6) is 0 Å². The van der Waals surface area contributed by atoms with Gasteiger partial charge in [0.1, 0.15) is 5.69 Å². The van der Waals surface area contributed by atoms with Crippen LogP contribution >= 0.6 is 0 Å². The lowest BCUT2D eigenvalue weighted by Crippen LogP contribution is -2.15. The van der Waals surface area contributed by atoms with Crippen molar-refractivity contribution in [2.45, 2.75) is 40.0 Å². The molecule has 0 spiro atoms. The van der Waals surface area contributed by atoms with Gasteiger partial charge in [-0.1, -0.05) is 12.1 Å². The number of aromatic nitrogens is 1. The van der Waals surface area contributed by atoms with Crippen molar-refractivity contribution in [3.05, 3.63) is 57.4 Å². The second-order valence-corrected chi connectivity index (χ2v) is 6.52. The number of hydrogen-bond donors (Lipinski definition) is 1. The van der Waals surface area contributed by atoms with Crippen LogP contribution in [0.25, 0.3) is 0 Å². The second-order valence-electron chi connectivity index (χ2n) is 6.52. The minimum atomic E-state index is -0.623. The lowest BCUT2D eigenvalue weighted by Gasteiger charge is -2.06. The maximum atomic E-state index is 12.3. The average Bonchev–Trinajstić information content (AvgIpc) is 3.15. The molecule has 0 unspecified atom stereocenters. The Morgan fingerprint density at radius 2 is 1.84 bits per heavy atom. The van der Waals surface area contributed by atoms with E-state index in [1.165, 1.54) is 18.1 Å². The minimum Gasteiger partial charge on any atom is -0.453 e. The van der Waals surface area contributed by atoms with Crippen LogP contribution < -0.4 is 0 Å². The number of Topliss-reactive ketones (excluding diaryl/α,β-unsaturated/α-hetero) is 2. The molecule has 5 nitrogen and oxygen atoms in total. The second kappa shape index (κ2) is 6.67. The van der Waals surface area contributed by atoms with E-state index < -0.39 is 5.97 Å². The van der Waals surface area contributed by atoms with Gasteiger partial charge in [0.15, 0.2) is 18.2 Å². The summed E-state index contributed by atoms with van der Waals surface area (Å²) in [6, 6.07) is 5.67. The van der Waals surface area contributed by atoms with E-state index in [9.17, 15) is 14.4 Å². The Balaban J connectivity index is 1.69. The van der Waals surface area contributed by atoms with Gasteiger partial charge in [-0.3, -0.25) is 9.59 Å². The summed E-state index contributed by atoms with van der Waals surface area (Å²) in [5, 5.41) is 0. The van der Waals surface area contributed by atoms with E-state index >= 15 is 0 Å². The van der Waals surface area contributed by atoms with Crippen LogP contribution in [-0.4, -0.2) is 29.1 Å². The van der Waals surface area contributed by atoms with Crippen molar-refractivity contribution in [1.82, 2.24) is 4.98 Å². The van der Waals surface area contributed by atoms with Gasteiger partial charge in [-0.2, -0.15) is 0 Å². The molecule has 1 aliphatic carbocycles. The Hall–Kier alpha value is -2.69. The van der Waals surface area contributed by atoms with Crippen molar-refractivity contribution in [2.75, 3.05) is 6.61 Å². The average molecular weight is 339 g/mol. The fourth-order valence-electron chi connectivity index (χ4n) is 3.51. The van der Waals surface area contributed by atoms with Crippen LogP contribution in [0, 0.1) is 13.8 Å². The Bertz CT molecular complexity index is 876. The van der Waals surface area contributed by atoms with Crippen molar-refractivity contribution in [3.63, 3.8) is 0 Å². The van der Waals surface area contributed by atoms with Gasteiger partial charge in [0.25, 0.3) is 0 Å². The predicted molar refractivity (Wildman–Crippen MR) is 93.4 cm³/mol. The zero-order valence-electron chi connectivity index (χ0n) is 14.7. The highest BCUT2D eigenvalue weighted by Gasteiger charge is 2.22. The maximum absolute atomic E-state index is 12.3. The highest BCUT2D eigenvalue weighted by atomic mass is 16.5. The van der Waals surface area contributed by atoms with Crippen LogP contribution in [0.1, 0.15) is 66.9 Å². The van der Waals surface area contributed by atoms with Gasteiger partial charge in [0.05, 0.1) is 0 Å². The molecular formula is C20H21NO4. The van der Waals surface area contributed by atoms with Gasteiger partial charge in [-0.25, -0.2) is 4.79 Å². The Morgan fingerprint density at radius 1 is 1.12 bits per heavy atom. The van der Waals surface area contributed by atoms with E-state index in [2.05, 4.69) is 4.98 Å². The molecule has 3 rings (SSSR count). The summed E-state index contributed by atoms with van der Waals surface area (Å²) in [7, 11) is 0. The Kier molecular flexibility index (Phi) is 4.57. The molecule has 1 aromatic carbocycles. The van der Waals surface area contributed by atoms with Crippen molar-refractivity contribution in [2.24, 2.45) is 0 Å². The third kappa shape index (κ3) is 3.27. The minimum absolute atomic E-state index is 0.112. The first-order valence-corrected chi connectivity index (χ1v) is 8.40. The van der Waals surface area contributed by atoms with Gasteiger partial charge in [0, 0.05) is 16.8 Å². The first-order chi connectivity index (χ1) is 11.9. The number of carbonyl (C=O) groups is 3. The Labute approximate surface area is 146 Å². The fourth-order valence-corrected chi connectivity index (χ4v) is 3.51. The molecule has 1 heterocycles. The number of ketones is 2. The number of H-pyrrole nitrogens is 1. The topological polar surface area (TPSA) is 76.2 Å². The highest BCUT2D eigenvalue weighted by Crippen LogP contribution is 2.23. The summed E-state index contributed by atoms with van der Waals surface area (Å²) in [6.45, 7) is 4.57. The molecule has 5 heteroatoms. The number of aromatic amines is 1. The number of rotatable bonds is 5. The van der Waals surface area contributed by atoms with Gasteiger partial charge < -0.3 is 9.72 Å². The first kappa shape index (κ1) is 17.1. The standard InChI is InChI=1S/C20H21NO4/c1-11-18(13(3)22)12(2)21-19(11)20(24)25-10-17(23)16-8-7-14-5-4-6-15(14)9-16/h7-9,21H,4-6,10H2,1-3H3. The van der Waals surface area contributed by atoms with Crippen LogP contribution in [0.15, 0.2) is 18.2 Å². The van der Waals surface area contributed by atoms with Gasteiger partial charge >= 0.3 is 5.97 Å². The van der Waals surface area contributed by atoms with Crippen molar-refractivity contribution in [3.8, 4) is 0 Å². The van der Waals surface area contributed by atoms with E-state index in [0.717, 1.165) is 19.3 Å². The zero-order chi connectivity index (χ0) is 18.1. The van der Waals surface area contributed by atoms with Crippen molar-refractivity contribution >= 4 is 17.5 Å². The molecule has 1 aliphatic rings. The quantitative estimate of drug-likeness (QED) is 0.669. The zero-order valence-corrected chi connectivity index (χ0v) is 14.7. The summed E-state index contributed by atoms with van der Waals surface area (Å²) < 4.78 is 5.16. The molecule has 130 valence electrons. The third-order valence-electron chi connectivity index (χ3n) is 4.75. The molecule has 0 radical (unpaired) electrons. The van der Waals surface area contributed by atoms with Crippen LogP contribution in [0.4, 0.5) is 0 Å². The number of aryl methyl sites for hydroxylation is 3. The lowest BCUT2D eigenvalue weighted by molar-refractivity contribution is 0.0468. The molecule has 0 amide bonds. The van der Waals surface area contributed by atoms with Crippen LogP contribution in [0.3, 0.4) is 0 Å². The van der Waals surface area contributed by atoms with Crippen molar-refractivity contribution < 1.29 is 19.1 Å². The predicted octanol–water partition coefficient (Wildman–Crippen LogP) is 3.36. The summed E-state index contributed by atoms with van der Waals surface area (Å²) in [5.74, 6) is -0.960. The summed E-state index contributed by atoms with van der Waals surface area (Å²) in [5.41, 5.74) is 4.97. The van der Waals surface area contributed by atoms with E-state index in [1.807, 2.05) is 12.1 Å². The summed E-state index contributed by atoms with van der Waals surface area (Å²) >= 11 is 0. The summed E-state index contributed by atoms with van der Waals surface area (Å²) in [6.07, 6.45) is 3.17. The largest absolute Gasteiger partial charge is 0.453 e. The van der Waals surface area contributed by atoms with E-state index in [4.69, 9.17) is 4.74 Å². The van der Waals surface area contributed by atoms with E-state index in [0.29, 0.717) is 22.4 Å². The van der Waals surface area contributed by atoms with E-state index in [-0.39, 0.29) is 23.9 Å². The molecule has 0 aliphatic heterocycles. The number of benzene rings is 1. The molecule has 0 saturated carbocycles. The SMILES string of the molecule is CC(=O)c1c(C)[nH]c(C(=O)OCC(=O)c2ccc3c(c2)CCC3)c1C. The number of hydrogen-bond acceptors (Lipinski definition) is 4. The lowest BCUT2D eigenvalue weighted by atomic mass is 10.0. The van der Waals surface area contributed by atoms with Gasteiger partial charge in [0.2, 0.25) is 0 Å². The molecular weight excluding hydrogens is 318 g/mol. The monoisotopic (exact) mass is 339 g/mol. The molecule has 0 saturated heterocycles. The number of esters is 1. The first-order valence-electron chi connectivity index (χ1n) is 8.40. The molecule has 0 atom stereocenters. The normalized spacial score (nSPS) is 12.8. The number of ether oxygens (including phenoxy) is 1. The Morgan fingerprint density at radius 3 is 2.52 bits per heavy atom. The maximum Gasteiger partial charge on any atom is 0.355 e. The van der Waals surface area contributed by atoms with Crippen LogP contribution in [-0.2, 0) is 17.6 Å². The fraction of sp³-hybridized carbons (Fsp3) is 0.350. The molecule has 0 fully saturated rings. The number of nitrogens with one attached hydrogen (secondary N) is 1. The van der Waals surface area contributed by atoms with Crippen molar-refractivity contribution in [1.29, 1.82) is 0 Å². The molecule has 25 heavy (non-hydrogen) atoms.